The first-order valence-electron chi connectivity index (χ1n) is 3.02. The number of aromatic nitrogens is 2. The Balaban J connectivity index is 3.05. The summed E-state index contributed by atoms with van der Waals surface area (Å²) in [6, 6.07) is 0. The third-order valence-corrected chi connectivity index (χ3v) is 1.17. The fraction of sp³-hybridized carbons (Fsp3) is 0.667. The van der Waals surface area contributed by atoms with Crippen molar-refractivity contribution in [3.8, 4) is 5.88 Å². The van der Waals surface area contributed by atoms with Gasteiger partial charge in [-0.25, -0.2) is 4.63 Å². The average molecular weight is 141 g/mol. The molecule has 10 heavy (non-hydrogen) atoms. The first-order valence-corrected chi connectivity index (χ1v) is 3.02. The standard InChI is InChI=1S/C6H10N2O2/c1-6(2,3)4-5(9)8-10-7-4/h1-3H3,(H,8,9)/p-1. The summed E-state index contributed by atoms with van der Waals surface area (Å²) in [4.78, 5) is 0. The summed E-state index contributed by atoms with van der Waals surface area (Å²) in [5.74, 6) is -0.368. The predicted octanol–water partition coefficient (Wildman–Crippen LogP) is 0.441. The zero-order chi connectivity index (χ0) is 7.78. The van der Waals surface area contributed by atoms with Crippen molar-refractivity contribution in [2.75, 3.05) is 0 Å². The van der Waals surface area contributed by atoms with Crippen molar-refractivity contribution >= 4 is 0 Å². The summed E-state index contributed by atoms with van der Waals surface area (Å²) in [7, 11) is 0. The van der Waals surface area contributed by atoms with Crippen molar-refractivity contribution in [2.45, 2.75) is 26.2 Å². The number of hydrogen-bond acceptors (Lipinski definition) is 4. The summed E-state index contributed by atoms with van der Waals surface area (Å²) in [5.41, 5.74) is 0.115. The van der Waals surface area contributed by atoms with Crippen LogP contribution in [0.15, 0.2) is 4.63 Å². The summed E-state index contributed by atoms with van der Waals surface area (Å²) in [6.07, 6.45) is 0. The van der Waals surface area contributed by atoms with Gasteiger partial charge in [0.15, 0.2) is 0 Å². The van der Waals surface area contributed by atoms with Crippen LogP contribution < -0.4 is 5.11 Å². The van der Waals surface area contributed by atoms with Crippen molar-refractivity contribution < 1.29 is 9.74 Å². The molecule has 0 aliphatic carbocycles. The van der Waals surface area contributed by atoms with Crippen LogP contribution in [0.3, 0.4) is 0 Å². The highest BCUT2D eigenvalue weighted by atomic mass is 16.6. The molecule has 0 aliphatic rings. The lowest BCUT2D eigenvalue weighted by Gasteiger charge is -2.16. The van der Waals surface area contributed by atoms with E-state index in [2.05, 4.69) is 14.9 Å². The Morgan fingerprint density at radius 1 is 1.30 bits per heavy atom. The minimum absolute atomic E-state index is 0.267. The van der Waals surface area contributed by atoms with Crippen LogP contribution in [0.25, 0.3) is 0 Å². The van der Waals surface area contributed by atoms with Gasteiger partial charge in [-0.1, -0.05) is 31.1 Å². The molecule has 0 saturated heterocycles. The smallest absolute Gasteiger partial charge is 0.103 e. The van der Waals surface area contributed by atoms with Crippen LogP contribution in [-0.2, 0) is 5.41 Å². The van der Waals surface area contributed by atoms with Crippen LogP contribution in [0.4, 0.5) is 0 Å². The molecular weight excluding hydrogens is 132 g/mol. The molecule has 0 radical (unpaired) electrons. The van der Waals surface area contributed by atoms with Crippen molar-refractivity contribution in [1.82, 2.24) is 10.3 Å². The molecule has 0 bridgehead atoms. The van der Waals surface area contributed by atoms with Gasteiger partial charge in [0.05, 0.1) is 5.88 Å². The van der Waals surface area contributed by atoms with Gasteiger partial charge in [0, 0.05) is 5.41 Å². The Morgan fingerprint density at radius 2 is 1.90 bits per heavy atom. The highest BCUT2D eigenvalue weighted by Gasteiger charge is 2.18. The van der Waals surface area contributed by atoms with Crippen LogP contribution in [0, 0.1) is 0 Å². The molecule has 4 heteroatoms. The maximum atomic E-state index is 10.8. The SMILES string of the molecule is CC(C)(C)c1nonc1[O-]. The van der Waals surface area contributed by atoms with E-state index in [0.29, 0.717) is 5.69 Å². The Morgan fingerprint density at radius 3 is 2.10 bits per heavy atom. The van der Waals surface area contributed by atoms with Crippen molar-refractivity contribution in [1.29, 1.82) is 0 Å². The van der Waals surface area contributed by atoms with E-state index >= 15 is 0 Å². The van der Waals surface area contributed by atoms with Crippen LogP contribution in [-0.4, -0.2) is 10.3 Å². The van der Waals surface area contributed by atoms with Crippen LogP contribution in [0.2, 0.25) is 0 Å². The van der Waals surface area contributed by atoms with E-state index in [1.807, 2.05) is 20.8 Å². The van der Waals surface area contributed by atoms with E-state index in [0.717, 1.165) is 0 Å². The quantitative estimate of drug-likeness (QED) is 0.526. The molecule has 56 valence electrons. The van der Waals surface area contributed by atoms with Gasteiger partial charge >= 0.3 is 0 Å². The van der Waals surface area contributed by atoms with Crippen LogP contribution in [0.5, 0.6) is 5.88 Å². The molecule has 1 rings (SSSR count). The molecule has 0 atom stereocenters. The van der Waals surface area contributed by atoms with Crippen molar-refractivity contribution in [3.05, 3.63) is 5.69 Å². The third kappa shape index (κ3) is 1.10. The summed E-state index contributed by atoms with van der Waals surface area (Å²) in [6.45, 7) is 5.65. The zero-order valence-corrected chi connectivity index (χ0v) is 6.21. The molecule has 0 saturated carbocycles. The van der Waals surface area contributed by atoms with Gasteiger partial charge in [-0.2, -0.15) is 0 Å². The van der Waals surface area contributed by atoms with Crippen molar-refractivity contribution in [3.63, 3.8) is 0 Å². The topological polar surface area (TPSA) is 62.0 Å². The fourth-order valence-electron chi connectivity index (χ4n) is 0.638. The Labute approximate surface area is 58.8 Å². The largest absolute Gasteiger partial charge is 0.855 e. The Kier molecular flexibility index (Phi) is 1.39. The number of nitrogens with zero attached hydrogens (tertiary/aromatic N) is 2. The summed E-state index contributed by atoms with van der Waals surface area (Å²) < 4.78 is 4.26. The minimum atomic E-state index is -0.368. The maximum absolute atomic E-state index is 10.8. The van der Waals surface area contributed by atoms with Gasteiger partial charge in [-0.15, -0.1) is 0 Å². The van der Waals surface area contributed by atoms with Crippen molar-refractivity contribution in [2.24, 2.45) is 0 Å². The van der Waals surface area contributed by atoms with E-state index in [-0.39, 0.29) is 11.3 Å². The lowest BCUT2D eigenvalue weighted by molar-refractivity contribution is -0.278. The predicted molar refractivity (Wildman–Crippen MR) is 32.4 cm³/mol. The maximum Gasteiger partial charge on any atom is 0.103 e. The Bertz CT molecular complexity index is 224. The van der Waals surface area contributed by atoms with Crippen LogP contribution in [0.1, 0.15) is 26.5 Å². The second kappa shape index (κ2) is 1.97. The Hall–Kier alpha value is -1.06. The van der Waals surface area contributed by atoms with Gasteiger partial charge in [-0.05, 0) is 0 Å². The van der Waals surface area contributed by atoms with E-state index in [1.54, 1.807) is 0 Å². The molecule has 0 unspecified atom stereocenters. The van der Waals surface area contributed by atoms with Gasteiger partial charge in [0.1, 0.15) is 5.69 Å². The molecule has 1 aromatic heterocycles. The highest BCUT2D eigenvalue weighted by Crippen LogP contribution is 2.24. The molecule has 0 spiro atoms. The van der Waals surface area contributed by atoms with Gasteiger partial charge in [0.2, 0.25) is 0 Å². The van der Waals surface area contributed by atoms with Gasteiger partial charge in [0.25, 0.3) is 0 Å². The normalized spacial score (nSPS) is 11.9. The molecule has 0 fully saturated rings. The average Bonchev–Trinajstić information content (AvgIpc) is 2.11. The van der Waals surface area contributed by atoms with E-state index < -0.39 is 0 Å². The number of rotatable bonds is 0. The molecule has 0 N–H and O–H groups in total. The molecule has 1 aromatic rings. The second-order valence-corrected chi connectivity index (χ2v) is 3.17. The molecule has 1 heterocycles. The fourth-order valence-corrected chi connectivity index (χ4v) is 0.638. The van der Waals surface area contributed by atoms with Crippen LogP contribution >= 0.6 is 0 Å². The first-order chi connectivity index (χ1) is 4.52. The van der Waals surface area contributed by atoms with Gasteiger partial charge in [-0.3, -0.25) is 0 Å². The summed E-state index contributed by atoms with van der Waals surface area (Å²) >= 11 is 0. The van der Waals surface area contributed by atoms with E-state index in [9.17, 15) is 5.11 Å². The minimum Gasteiger partial charge on any atom is -0.855 e. The molecule has 4 nitrogen and oxygen atoms in total. The molecular formula is C6H9N2O2-. The van der Waals surface area contributed by atoms with E-state index in [4.69, 9.17) is 0 Å². The lowest BCUT2D eigenvalue weighted by atomic mass is 9.93. The summed E-state index contributed by atoms with van der Waals surface area (Å²) in [5, 5.41) is 17.4. The molecule has 0 aromatic carbocycles. The third-order valence-electron chi connectivity index (χ3n) is 1.17. The number of hydrogen-bond donors (Lipinski definition) is 0. The second-order valence-electron chi connectivity index (χ2n) is 3.17. The molecule has 0 aliphatic heterocycles. The van der Waals surface area contributed by atoms with Gasteiger partial charge < -0.3 is 5.11 Å². The van der Waals surface area contributed by atoms with E-state index in [1.165, 1.54) is 0 Å². The highest BCUT2D eigenvalue weighted by molar-refractivity contribution is 5.19. The first kappa shape index (κ1) is 7.05. The monoisotopic (exact) mass is 141 g/mol. The molecule has 0 amide bonds. The zero-order valence-electron chi connectivity index (χ0n) is 6.21. The lowest BCUT2D eigenvalue weighted by Crippen LogP contribution is -2.14.